The summed E-state index contributed by atoms with van der Waals surface area (Å²) in [5, 5.41) is 24.5. The number of aromatic nitrogens is 3. The normalized spacial score (nSPS) is 11.8. The van der Waals surface area contributed by atoms with Crippen LogP contribution in [-0.4, -0.2) is 30.8 Å². The summed E-state index contributed by atoms with van der Waals surface area (Å²) < 4.78 is 1.90. The van der Waals surface area contributed by atoms with Gasteiger partial charge in [0.25, 0.3) is 5.69 Å². The van der Waals surface area contributed by atoms with Crippen molar-refractivity contribution in [1.29, 1.82) is 0 Å². The fraction of sp³-hybridized carbons (Fsp3) is 0.0952. The number of non-ortho nitro benzene ring substituents is 1. The Morgan fingerprint density at radius 3 is 2.66 bits per heavy atom. The van der Waals surface area contributed by atoms with Crippen LogP contribution in [0.2, 0.25) is 5.02 Å². The zero-order chi connectivity index (χ0) is 22.7. The zero-order valence-electron chi connectivity index (χ0n) is 16.6. The van der Waals surface area contributed by atoms with Crippen LogP contribution >= 0.6 is 34.7 Å². The smallest absolute Gasteiger partial charge is 0.271 e. The molecule has 0 fully saturated rings. The molecule has 0 spiro atoms. The number of carbonyl (C=O) groups excluding carboxylic acids is 1. The third-order valence-electron chi connectivity index (χ3n) is 4.46. The number of nitrogens with one attached hydrogen (secondary N) is 1. The van der Waals surface area contributed by atoms with Gasteiger partial charge in [-0.1, -0.05) is 47.6 Å². The van der Waals surface area contributed by atoms with Crippen LogP contribution in [0.4, 0.5) is 11.4 Å². The van der Waals surface area contributed by atoms with Crippen LogP contribution in [0.3, 0.4) is 0 Å². The molecule has 1 N–H and O–H groups in total. The number of nitrogens with zero attached hydrogens (tertiary/aromatic N) is 4. The van der Waals surface area contributed by atoms with E-state index in [0.29, 0.717) is 11.0 Å². The van der Waals surface area contributed by atoms with E-state index in [0.717, 1.165) is 10.6 Å². The molecular formula is C21H16ClN5O3S2. The van der Waals surface area contributed by atoms with Gasteiger partial charge >= 0.3 is 0 Å². The van der Waals surface area contributed by atoms with Crippen LogP contribution in [0.1, 0.15) is 6.92 Å². The van der Waals surface area contributed by atoms with Crippen LogP contribution in [0.15, 0.2) is 71.2 Å². The molecule has 4 rings (SSSR count). The highest BCUT2D eigenvalue weighted by Crippen LogP contribution is 2.33. The zero-order valence-corrected chi connectivity index (χ0v) is 19.0. The molecule has 2 aromatic heterocycles. The van der Waals surface area contributed by atoms with E-state index in [1.807, 2.05) is 52.4 Å². The number of para-hydroxylation sites is 1. The van der Waals surface area contributed by atoms with E-state index in [9.17, 15) is 14.9 Å². The van der Waals surface area contributed by atoms with E-state index in [4.69, 9.17) is 11.6 Å². The average Bonchev–Trinajstić information content (AvgIpc) is 3.45. The van der Waals surface area contributed by atoms with Crippen molar-refractivity contribution in [3.63, 3.8) is 0 Å². The Bertz CT molecular complexity index is 1260. The number of hydrogen-bond donors (Lipinski definition) is 1. The Hall–Kier alpha value is -3.21. The van der Waals surface area contributed by atoms with Gasteiger partial charge < -0.3 is 5.32 Å². The number of amides is 1. The minimum absolute atomic E-state index is 0.158. The highest BCUT2D eigenvalue weighted by molar-refractivity contribution is 8.00. The van der Waals surface area contributed by atoms with Gasteiger partial charge in [-0.15, -0.1) is 21.5 Å². The van der Waals surface area contributed by atoms with Crippen LogP contribution in [-0.2, 0) is 4.79 Å². The maximum atomic E-state index is 12.8. The van der Waals surface area contributed by atoms with Gasteiger partial charge in [0.2, 0.25) is 5.91 Å². The quantitative estimate of drug-likeness (QED) is 0.205. The first-order valence-corrected chi connectivity index (χ1v) is 11.5. The first-order chi connectivity index (χ1) is 15.4. The molecule has 0 aliphatic rings. The Labute approximate surface area is 196 Å². The number of nitro groups is 1. The Balaban J connectivity index is 1.60. The van der Waals surface area contributed by atoms with Crippen molar-refractivity contribution in [2.24, 2.45) is 0 Å². The Morgan fingerprint density at radius 1 is 1.19 bits per heavy atom. The average molecular weight is 486 g/mol. The summed E-state index contributed by atoms with van der Waals surface area (Å²) >= 11 is 8.89. The van der Waals surface area contributed by atoms with Crippen molar-refractivity contribution in [2.45, 2.75) is 17.3 Å². The van der Waals surface area contributed by atoms with Crippen molar-refractivity contribution >= 4 is 52.0 Å². The van der Waals surface area contributed by atoms with Gasteiger partial charge in [-0.3, -0.25) is 19.5 Å². The first-order valence-electron chi connectivity index (χ1n) is 9.40. The SMILES string of the molecule is CC(Sc1nnc(-c2cccs2)n1-c1ccccc1)C(=O)Nc1cc([N+](=O)[O-])ccc1Cl. The van der Waals surface area contributed by atoms with Crippen molar-refractivity contribution in [2.75, 3.05) is 5.32 Å². The van der Waals surface area contributed by atoms with Crippen molar-refractivity contribution < 1.29 is 9.72 Å². The second kappa shape index (κ2) is 9.51. The summed E-state index contributed by atoms with van der Waals surface area (Å²) in [6.45, 7) is 1.72. The van der Waals surface area contributed by atoms with Gasteiger partial charge in [0.1, 0.15) is 0 Å². The van der Waals surface area contributed by atoms with E-state index in [1.54, 1.807) is 18.3 Å². The monoisotopic (exact) mass is 485 g/mol. The number of carbonyl (C=O) groups is 1. The van der Waals surface area contributed by atoms with Gasteiger partial charge in [0.05, 0.1) is 25.8 Å². The lowest BCUT2D eigenvalue weighted by Crippen LogP contribution is -2.23. The molecule has 2 aromatic carbocycles. The summed E-state index contributed by atoms with van der Waals surface area (Å²) in [5.74, 6) is 0.320. The number of hydrogen-bond acceptors (Lipinski definition) is 7. The molecular weight excluding hydrogens is 470 g/mol. The minimum Gasteiger partial charge on any atom is -0.324 e. The standard InChI is InChI=1S/C21H16ClN5O3S2/c1-13(20(28)23-17-12-15(27(29)30)9-10-16(17)22)32-21-25-24-19(18-8-5-11-31-18)26(21)14-6-3-2-4-7-14/h2-13H,1H3,(H,23,28). The molecule has 0 bridgehead atoms. The molecule has 2 heterocycles. The van der Waals surface area contributed by atoms with Gasteiger partial charge in [-0.05, 0) is 36.6 Å². The van der Waals surface area contributed by atoms with E-state index in [-0.39, 0.29) is 22.3 Å². The molecule has 1 amide bonds. The maximum Gasteiger partial charge on any atom is 0.271 e. The fourth-order valence-electron chi connectivity index (χ4n) is 2.89. The summed E-state index contributed by atoms with van der Waals surface area (Å²) in [4.78, 5) is 24.3. The molecule has 0 saturated heterocycles. The number of anilines is 1. The van der Waals surface area contributed by atoms with E-state index in [1.165, 1.54) is 30.0 Å². The van der Waals surface area contributed by atoms with Gasteiger partial charge in [-0.2, -0.15) is 0 Å². The van der Waals surface area contributed by atoms with Crippen LogP contribution in [0.25, 0.3) is 16.4 Å². The first kappa shape index (κ1) is 22.0. The van der Waals surface area contributed by atoms with Crippen LogP contribution in [0, 0.1) is 10.1 Å². The largest absolute Gasteiger partial charge is 0.324 e. The lowest BCUT2D eigenvalue weighted by molar-refractivity contribution is -0.384. The van der Waals surface area contributed by atoms with E-state index in [2.05, 4.69) is 15.5 Å². The minimum atomic E-state index is -0.576. The number of nitro benzene ring substituents is 1. The predicted molar refractivity (Wildman–Crippen MR) is 127 cm³/mol. The van der Waals surface area contributed by atoms with E-state index < -0.39 is 10.2 Å². The molecule has 0 saturated carbocycles. The molecule has 1 unspecified atom stereocenters. The molecule has 11 heteroatoms. The molecule has 8 nitrogen and oxygen atoms in total. The van der Waals surface area contributed by atoms with Crippen molar-refractivity contribution in [1.82, 2.24) is 14.8 Å². The summed E-state index contributed by atoms with van der Waals surface area (Å²) in [7, 11) is 0. The highest BCUT2D eigenvalue weighted by Gasteiger charge is 2.23. The lowest BCUT2D eigenvalue weighted by Gasteiger charge is -2.14. The number of thiophene rings is 1. The Morgan fingerprint density at radius 2 is 1.97 bits per heavy atom. The second-order valence-electron chi connectivity index (χ2n) is 6.63. The highest BCUT2D eigenvalue weighted by atomic mass is 35.5. The topological polar surface area (TPSA) is 103 Å². The molecule has 1 atom stereocenters. The molecule has 162 valence electrons. The molecule has 0 aliphatic heterocycles. The summed E-state index contributed by atoms with van der Waals surface area (Å²) in [6.07, 6.45) is 0. The number of rotatable bonds is 7. The van der Waals surface area contributed by atoms with Gasteiger partial charge in [0.15, 0.2) is 11.0 Å². The third kappa shape index (κ3) is 4.67. The molecule has 4 aromatic rings. The number of halogens is 1. The summed E-state index contributed by atoms with van der Waals surface area (Å²) in [5.41, 5.74) is 0.897. The lowest BCUT2D eigenvalue weighted by atomic mass is 10.2. The molecule has 0 aliphatic carbocycles. The second-order valence-corrected chi connectivity index (χ2v) is 9.29. The van der Waals surface area contributed by atoms with Crippen LogP contribution < -0.4 is 5.32 Å². The Kier molecular flexibility index (Phi) is 6.54. The van der Waals surface area contributed by atoms with Gasteiger partial charge in [-0.25, -0.2) is 0 Å². The van der Waals surface area contributed by atoms with Crippen LogP contribution in [0.5, 0.6) is 0 Å². The van der Waals surface area contributed by atoms with Crippen molar-refractivity contribution in [3.8, 4) is 16.4 Å². The fourth-order valence-corrected chi connectivity index (χ4v) is 4.62. The van der Waals surface area contributed by atoms with Crippen molar-refractivity contribution in [3.05, 3.63) is 81.2 Å². The molecule has 32 heavy (non-hydrogen) atoms. The summed E-state index contributed by atoms with van der Waals surface area (Å²) in [6, 6.07) is 17.4. The number of benzene rings is 2. The molecule has 0 radical (unpaired) electrons. The third-order valence-corrected chi connectivity index (χ3v) is 6.70. The van der Waals surface area contributed by atoms with Gasteiger partial charge in [0, 0.05) is 17.8 Å². The maximum absolute atomic E-state index is 12.8. The predicted octanol–water partition coefficient (Wildman–Crippen LogP) is 5.68. The number of thioether (sulfide) groups is 1. The van der Waals surface area contributed by atoms with E-state index >= 15 is 0 Å².